The molecule has 1 aromatic carbocycles. The summed E-state index contributed by atoms with van der Waals surface area (Å²) in [6, 6.07) is 6.93. The lowest BCUT2D eigenvalue weighted by Gasteiger charge is -2.20. The Bertz CT molecular complexity index is 674. The van der Waals surface area contributed by atoms with E-state index in [0.29, 0.717) is 18.0 Å². The maximum Gasteiger partial charge on any atom is 0.265 e. The van der Waals surface area contributed by atoms with Gasteiger partial charge in [0.2, 0.25) is 0 Å². The van der Waals surface area contributed by atoms with Crippen molar-refractivity contribution in [3.63, 3.8) is 0 Å². The van der Waals surface area contributed by atoms with Crippen LogP contribution in [-0.2, 0) is 0 Å². The molecule has 1 aliphatic heterocycles. The average molecular weight is 336 g/mol. The molecular weight excluding hydrogens is 319 g/mol. The summed E-state index contributed by atoms with van der Waals surface area (Å²) in [4.78, 5) is 19.3. The molecule has 0 aliphatic carbocycles. The van der Waals surface area contributed by atoms with Gasteiger partial charge in [0.05, 0.1) is 11.2 Å². The standard InChI is InChI=1S/C16H17FN2OS2/c1-11-15(22-10-18-11)16(20)19-7-6-14(21-9-8-19)12-4-2-3-5-13(12)17/h2-5,10,14H,6-9H2,1H3/t14-/m0/s1. The average Bonchev–Trinajstić information content (AvgIpc) is 2.80. The van der Waals surface area contributed by atoms with E-state index < -0.39 is 0 Å². The molecule has 1 saturated heterocycles. The molecule has 0 N–H and O–H groups in total. The minimum atomic E-state index is -0.155. The predicted molar refractivity (Wildman–Crippen MR) is 89.0 cm³/mol. The molecule has 1 aromatic heterocycles. The Kier molecular flexibility index (Phi) is 4.78. The van der Waals surface area contributed by atoms with Gasteiger partial charge in [-0.05, 0) is 19.4 Å². The van der Waals surface area contributed by atoms with Crippen LogP contribution < -0.4 is 0 Å². The van der Waals surface area contributed by atoms with Crippen molar-refractivity contribution < 1.29 is 9.18 Å². The number of amides is 1. The van der Waals surface area contributed by atoms with Crippen LogP contribution in [0.4, 0.5) is 4.39 Å². The number of halogens is 1. The highest BCUT2D eigenvalue weighted by atomic mass is 32.2. The second-order valence-electron chi connectivity index (χ2n) is 5.23. The summed E-state index contributed by atoms with van der Waals surface area (Å²) in [6.07, 6.45) is 0.773. The highest BCUT2D eigenvalue weighted by Gasteiger charge is 2.25. The number of rotatable bonds is 2. The number of aryl methyl sites for hydroxylation is 1. The lowest BCUT2D eigenvalue weighted by Crippen LogP contribution is -2.32. The van der Waals surface area contributed by atoms with E-state index in [0.717, 1.165) is 23.4 Å². The first-order valence-corrected chi connectivity index (χ1v) is 9.15. The number of nitrogens with zero attached hydrogens (tertiary/aromatic N) is 2. The minimum absolute atomic E-state index is 0.0507. The van der Waals surface area contributed by atoms with Crippen molar-refractivity contribution in [2.75, 3.05) is 18.8 Å². The first kappa shape index (κ1) is 15.5. The third kappa shape index (κ3) is 3.17. The smallest absolute Gasteiger partial charge is 0.265 e. The lowest BCUT2D eigenvalue weighted by atomic mass is 10.1. The molecular formula is C16H17FN2OS2. The number of hydrogen-bond donors (Lipinski definition) is 0. The summed E-state index contributed by atoms with van der Waals surface area (Å²) in [6.45, 7) is 3.21. The van der Waals surface area contributed by atoms with Crippen molar-refractivity contribution in [2.45, 2.75) is 18.6 Å². The Labute approximate surface area is 137 Å². The van der Waals surface area contributed by atoms with Gasteiger partial charge in [-0.1, -0.05) is 18.2 Å². The Balaban J connectivity index is 1.72. The van der Waals surface area contributed by atoms with Gasteiger partial charge >= 0.3 is 0 Å². The fraction of sp³-hybridized carbons (Fsp3) is 0.375. The molecule has 0 saturated carbocycles. The van der Waals surface area contributed by atoms with Gasteiger partial charge in [-0.3, -0.25) is 4.79 Å². The summed E-state index contributed by atoms with van der Waals surface area (Å²) in [7, 11) is 0. The molecule has 1 atom stereocenters. The largest absolute Gasteiger partial charge is 0.337 e. The molecule has 2 heterocycles. The fourth-order valence-electron chi connectivity index (χ4n) is 2.61. The van der Waals surface area contributed by atoms with Crippen LogP contribution in [0.2, 0.25) is 0 Å². The van der Waals surface area contributed by atoms with E-state index in [4.69, 9.17) is 0 Å². The predicted octanol–water partition coefficient (Wildman–Crippen LogP) is 3.91. The molecule has 0 spiro atoms. The van der Waals surface area contributed by atoms with Gasteiger partial charge in [0, 0.05) is 29.7 Å². The summed E-state index contributed by atoms with van der Waals surface area (Å²) in [5.41, 5.74) is 3.24. The molecule has 1 fully saturated rings. The third-order valence-electron chi connectivity index (χ3n) is 3.82. The number of carbonyl (C=O) groups excluding carboxylic acids is 1. The first-order valence-electron chi connectivity index (χ1n) is 7.22. The van der Waals surface area contributed by atoms with Gasteiger partial charge in [-0.25, -0.2) is 9.37 Å². The zero-order chi connectivity index (χ0) is 15.5. The molecule has 0 bridgehead atoms. The SMILES string of the molecule is Cc1ncsc1C(=O)N1CCS[C@H](c2ccccc2F)CC1. The molecule has 1 amide bonds. The lowest BCUT2D eigenvalue weighted by molar-refractivity contribution is 0.0770. The Morgan fingerprint density at radius 2 is 2.18 bits per heavy atom. The van der Waals surface area contributed by atoms with Gasteiger partial charge in [0.25, 0.3) is 5.91 Å². The second kappa shape index (κ2) is 6.79. The Morgan fingerprint density at radius 1 is 1.36 bits per heavy atom. The summed E-state index contributed by atoms with van der Waals surface area (Å²) in [5, 5.41) is 0.113. The molecule has 0 unspecified atom stereocenters. The van der Waals surface area contributed by atoms with Crippen LogP contribution in [0.5, 0.6) is 0 Å². The Morgan fingerprint density at radius 3 is 2.91 bits per heavy atom. The maximum atomic E-state index is 13.9. The van der Waals surface area contributed by atoms with Crippen LogP contribution in [-0.4, -0.2) is 34.6 Å². The zero-order valence-corrected chi connectivity index (χ0v) is 13.9. The Hall–Kier alpha value is -1.40. The zero-order valence-electron chi connectivity index (χ0n) is 12.3. The van der Waals surface area contributed by atoms with Crippen LogP contribution in [0, 0.1) is 12.7 Å². The van der Waals surface area contributed by atoms with Crippen LogP contribution in [0.15, 0.2) is 29.8 Å². The van der Waals surface area contributed by atoms with E-state index >= 15 is 0 Å². The van der Waals surface area contributed by atoms with Gasteiger partial charge in [-0.15, -0.1) is 11.3 Å². The topological polar surface area (TPSA) is 33.2 Å². The van der Waals surface area contributed by atoms with Crippen molar-refractivity contribution in [1.29, 1.82) is 0 Å². The summed E-state index contributed by atoms with van der Waals surface area (Å²) in [5.74, 6) is 0.718. The van der Waals surface area contributed by atoms with Gasteiger partial charge in [0.15, 0.2) is 0 Å². The molecule has 1 aliphatic rings. The molecule has 6 heteroatoms. The van der Waals surface area contributed by atoms with E-state index in [9.17, 15) is 9.18 Å². The normalized spacial score (nSPS) is 19.0. The van der Waals surface area contributed by atoms with Crippen LogP contribution >= 0.6 is 23.1 Å². The van der Waals surface area contributed by atoms with Crippen LogP contribution in [0.25, 0.3) is 0 Å². The molecule has 2 aromatic rings. The molecule has 3 rings (SSSR count). The van der Waals surface area contributed by atoms with Crippen molar-refractivity contribution in [3.05, 3.63) is 51.7 Å². The highest BCUT2D eigenvalue weighted by molar-refractivity contribution is 7.99. The van der Waals surface area contributed by atoms with Gasteiger partial charge in [-0.2, -0.15) is 11.8 Å². The number of carbonyl (C=O) groups is 1. The fourth-order valence-corrected chi connectivity index (χ4v) is 4.63. The molecule has 22 heavy (non-hydrogen) atoms. The van der Waals surface area contributed by atoms with Crippen molar-refractivity contribution in [2.24, 2.45) is 0 Å². The number of aromatic nitrogens is 1. The number of thiazole rings is 1. The van der Waals surface area contributed by atoms with Gasteiger partial charge in [0.1, 0.15) is 10.7 Å². The van der Waals surface area contributed by atoms with Crippen LogP contribution in [0.1, 0.15) is 32.6 Å². The van der Waals surface area contributed by atoms with Gasteiger partial charge < -0.3 is 4.90 Å². The second-order valence-corrected chi connectivity index (χ2v) is 7.39. The monoisotopic (exact) mass is 336 g/mol. The molecule has 116 valence electrons. The quantitative estimate of drug-likeness (QED) is 0.833. The molecule has 3 nitrogen and oxygen atoms in total. The third-order valence-corrected chi connectivity index (χ3v) is 6.05. The summed E-state index contributed by atoms with van der Waals surface area (Å²) >= 11 is 3.12. The van der Waals surface area contributed by atoms with E-state index in [1.54, 1.807) is 23.3 Å². The van der Waals surface area contributed by atoms with E-state index in [1.807, 2.05) is 24.0 Å². The first-order chi connectivity index (χ1) is 10.7. The van der Waals surface area contributed by atoms with Crippen molar-refractivity contribution >= 4 is 29.0 Å². The van der Waals surface area contributed by atoms with E-state index in [1.165, 1.54) is 17.4 Å². The van der Waals surface area contributed by atoms with Crippen molar-refractivity contribution in [3.8, 4) is 0 Å². The van der Waals surface area contributed by atoms with E-state index in [-0.39, 0.29) is 17.0 Å². The number of hydrogen-bond acceptors (Lipinski definition) is 4. The van der Waals surface area contributed by atoms with Crippen LogP contribution in [0.3, 0.4) is 0 Å². The number of benzene rings is 1. The van der Waals surface area contributed by atoms with E-state index in [2.05, 4.69) is 4.98 Å². The highest BCUT2D eigenvalue weighted by Crippen LogP contribution is 2.36. The molecule has 0 radical (unpaired) electrons. The number of thioether (sulfide) groups is 1. The summed E-state index contributed by atoms with van der Waals surface area (Å²) < 4.78 is 13.9. The maximum absolute atomic E-state index is 13.9. The van der Waals surface area contributed by atoms with Crippen molar-refractivity contribution in [1.82, 2.24) is 9.88 Å². The minimum Gasteiger partial charge on any atom is -0.337 e.